The van der Waals surface area contributed by atoms with Crippen molar-refractivity contribution in [3.63, 3.8) is 0 Å². The monoisotopic (exact) mass is 146 g/mol. The summed E-state index contributed by atoms with van der Waals surface area (Å²) in [5, 5.41) is 0. The first-order chi connectivity index (χ1) is 5.27. The van der Waals surface area contributed by atoms with Crippen LogP contribution in [0.1, 0.15) is 11.1 Å². The van der Waals surface area contributed by atoms with Crippen LogP contribution >= 0.6 is 0 Å². The summed E-state index contributed by atoms with van der Waals surface area (Å²) in [7, 11) is 0. The molecule has 1 aliphatic rings. The van der Waals surface area contributed by atoms with Crippen LogP contribution in [0, 0.1) is 6.92 Å². The maximum absolute atomic E-state index is 3.85. The zero-order valence-electron chi connectivity index (χ0n) is 6.44. The van der Waals surface area contributed by atoms with E-state index in [2.05, 4.69) is 42.6 Å². The molecule has 0 atom stereocenters. The summed E-state index contributed by atoms with van der Waals surface area (Å²) >= 11 is 0. The van der Waals surface area contributed by atoms with Crippen LogP contribution in [-0.2, 0) is 0 Å². The SMILES string of the molecule is C=C1NNc2cc(C)ccc21. The second kappa shape index (κ2) is 2.02. The van der Waals surface area contributed by atoms with E-state index in [1.54, 1.807) is 0 Å². The van der Waals surface area contributed by atoms with Gasteiger partial charge in [-0.15, -0.1) is 0 Å². The van der Waals surface area contributed by atoms with Crippen molar-refractivity contribution in [2.75, 3.05) is 5.43 Å². The van der Waals surface area contributed by atoms with Gasteiger partial charge in [0.1, 0.15) is 0 Å². The lowest BCUT2D eigenvalue weighted by atomic mass is 10.1. The normalized spacial score (nSPS) is 13.7. The highest BCUT2D eigenvalue weighted by Gasteiger charge is 2.11. The molecule has 56 valence electrons. The first-order valence-corrected chi connectivity index (χ1v) is 3.59. The van der Waals surface area contributed by atoms with Gasteiger partial charge >= 0.3 is 0 Å². The second-order valence-corrected chi connectivity index (χ2v) is 2.78. The van der Waals surface area contributed by atoms with Crippen LogP contribution in [-0.4, -0.2) is 0 Å². The maximum atomic E-state index is 3.85. The van der Waals surface area contributed by atoms with Crippen LogP contribution in [0.4, 0.5) is 5.69 Å². The summed E-state index contributed by atoms with van der Waals surface area (Å²) in [6.07, 6.45) is 0. The van der Waals surface area contributed by atoms with Crippen LogP contribution in [0.15, 0.2) is 24.8 Å². The largest absolute Gasteiger partial charge is 0.301 e. The van der Waals surface area contributed by atoms with E-state index in [-0.39, 0.29) is 0 Å². The Morgan fingerprint density at radius 2 is 2.09 bits per heavy atom. The van der Waals surface area contributed by atoms with E-state index in [4.69, 9.17) is 0 Å². The van der Waals surface area contributed by atoms with Crippen molar-refractivity contribution in [2.45, 2.75) is 6.92 Å². The molecule has 2 N–H and O–H groups in total. The van der Waals surface area contributed by atoms with Gasteiger partial charge in [-0.25, -0.2) is 0 Å². The lowest BCUT2D eigenvalue weighted by Crippen LogP contribution is -2.09. The lowest BCUT2D eigenvalue weighted by Gasteiger charge is -1.97. The number of benzene rings is 1. The molecule has 0 unspecified atom stereocenters. The average Bonchev–Trinajstić information content (AvgIpc) is 2.32. The van der Waals surface area contributed by atoms with Crippen LogP contribution in [0.25, 0.3) is 5.70 Å². The number of anilines is 1. The van der Waals surface area contributed by atoms with Gasteiger partial charge in [0.15, 0.2) is 0 Å². The van der Waals surface area contributed by atoms with Gasteiger partial charge in [0.25, 0.3) is 0 Å². The van der Waals surface area contributed by atoms with Crippen molar-refractivity contribution in [1.82, 2.24) is 5.43 Å². The first kappa shape index (κ1) is 6.28. The molecular weight excluding hydrogens is 136 g/mol. The van der Waals surface area contributed by atoms with Crippen molar-refractivity contribution >= 4 is 11.4 Å². The minimum absolute atomic E-state index is 0.944. The molecule has 11 heavy (non-hydrogen) atoms. The Hall–Kier alpha value is -1.44. The zero-order valence-corrected chi connectivity index (χ0v) is 6.44. The molecule has 0 fully saturated rings. The van der Waals surface area contributed by atoms with Crippen molar-refractivity contribution in [3.05, 3.63) is 35.9 Å². The average molecular weight is 146 g/mol. The van der Waals surface area contributed by atoms with E-state index in [1.165, 1.54) is 5.56 Å². The van der Waals surface area contributed by atoms with Gasteiger partial charge in [0, 0.05) is 5.56 Å². The van der Waals surface area contributed by atoms with Gasteiger partial charge < -0.3 is 10.9 Å². The number of rotatable bonds is 0. The number of hydrogen-bond acceptors (Lipinski definition) is 2. The van der Waals surface area contributed by atoms with Crippen molar-refractivity contribution in [1.29, 1.82) is 0 Å². The Bertz CT molecular complexity index is 315. The third kappa shape index (κ3) is 0.871. The summed E-state index contributed by atoms with van der Waals surface area (Å²) < 4.78 is 0. The Balaban J connectivity index is 2.59. The molecule has 2 nitrogen and oxygen atoms in total. The van der Waals surface area contributed by atoms with Gasteiger partial charge in [-0.3, -0.25) is 0 Å². The van der Waals surface area contributed by atoms with E-state index in [0.29, 0.717) is 0 Å². The fourth-order valence-corrected chi connectivity index (χ4v) is 1.23. The number of nitrogens with one attached hydrogen (secondary N) is 2. The van der Waals surface area contributed by atoms with Gasteiger partial charge in [0.2, 0.25) is 0 Å². The second-order valence-electron chi connectivity index (χ2n) is 2.78. The van der Waals surface area contributed by atoms with Crippen LogP contribution < -0.4 is 10.9 Å². The molecule has 1 aliphatic heterocycles. The molecule has 0 saturated carbocycles. The molecule has 2 heteroatoms. The highest BCUT2D eigenvalue weighted by atomic mass is 15.4. The van der Waals surface area contributed by atoms with Gasteiger partial charge in [-0.2, -0.15) is 0 Å². The van der Waals surface area contributed by atoms with E-state index in [0.717, 1.165) is 16.9 Å². The van der Waals surface area contributed by atoms with Gasteiger partial charge in [-0.05, 0) is 18.6 Å². The number of aryl methyl sites for hydroxylation is 1. The molecule has 0 aromatic heterocycles. The molecular formula is C9H10N2. The van der Waals surface area contributed by atoms with Crippen LogP contribution in [0.3, 0.4) is 0 Å². The maximum Gasteiger partial charge on any atom is 0.0636 e. The third-order valence-electron chi connectivity index (χ3n) is 1.85. The molecule has 0 radical (unpaired) electrons. The van der Waals surface area contributed by atoms with Crippen molar-refractivity contribution in [2.24, 2.45) is 0 Å². The molecule has 0 spiro atoms. The quantitative estimate of drug-likeness (QED) is 0.584. The summed E-state index contributed by atoms with van der Waals surface area (Å²) in [5.74, 6) is 0. The summed E-state index contributed by atoms with van der Waals surface area (Å²) in [5.41, 5.74) is 10.5. The smallest absolute Gasteiger partial charge is 0.0636 e. The van der Waals surface area contributed by atoms with Gasteiger partial charge in [-0.1, -0.05) is 18.7 Å². The fraction of sp³-hybridized carbons (Fsp3) is 0.111. The van der Waals surface area contributed by atoms with Crippen molar-refractivity contribution in [3.8, 4) is 0 Å². The van der Waals surface area contributed by atoms with E-state index in [9.17, 15) is 0 Å². The third-order valence-corrected chi connectivity index (χ3v) is 1.85. The lowest BCUT2D eigenvalue weighted by molar-refractivity contribution is 1.14. The summed E-state index contributed by atoms with van der Waals surface area (Å²) in [6.45, 7) is 5.92. The van der Waals surface area contributed by atoms with Gasteiger partial charge in [0.05, 0.1) is 11.4 Å². The van der Waals surface area contributed by atoms with E-state index in [1.807, 2.05) is 0 Å². The highest BCUT2D eigenvalue weighted by molar-refractivity contribution is 5.79. The molecule has 2 rings (SSSR count). The first-order valence-electron chi connectivity index (χ1n) is 3.59. The molecule has 0 aliphatic carbocycles. The number of hydrazine groups is 1. The molecule has 0 saturated heterocycles. The Labute approximate surface area is 65.9 Å². The zero-order chi connectivity index (χ0) is 7.84. The van der Waals surface area contributed by atoms with E-state index >= 15 is 0 Å². The van der Waals surface area contributed by atoms with Crippen LogP contribution in [0.2, 0.25) is 0 Å². The Morgan fingerprint density at radius 3 is 2.91 bits per heavy atom. The predicted octanol–water partition coefficient (Wildman–Crippen LogP) is 1.90. The van der Waals surface area contributed by atoms with Crippen molar-refractivity contribution < 1.29 is 0 Å². The summed E-state index contributed by atoms with van der Waals surface area (Å²) in [4.78, 5) is 0. The molecule has 1 aromatic carbocycles. The molecule has 1 heterocycles. The number of hydrogen-bond donors (Lipinski definition) is 2. The molecule has 0 bridgehead atoms. The Kier molecular flexibility index (Phi) is 1.15. The van der Waals surface area contributed by atoms with E-state index < -0.39 is 0 Å². The molecule has 1 aromatic rings. The highest BCUT2D eigenvalue weighted by Crippen LogP contribution is 2.26. The minimum atomic E-state index is 0.944. The standard InChI is InChI=1S/C9H10N2/c1-6-3-4-8-7(2)10-11-9(8)5-6/h3-5,10-11H,2H2,1H3. The number of fused-ring (bicyclic) bond motifs is 1. The van der Waals surface area contributed by atoms with Crippen LogP contribution in [0.5, 0.6) is 0 Å². The molecule has 0 amide bonds. The fourth-order valence-electron chi connectivity index (χ4n) is 1.23. The topological polar surface area (TPSA) is 24.1 Å². The summed E-state index contributed by atoms with van der Waals surface area (Å²) in [6, 6.07) is 6.25. The Morgan fingerprint density at radius 1 is 1.27 bits per heavy atom. The predicted molar refractivity (Wildman–Crippen MR) is 47.0 cm³/mol. The minimum Gasteiger partial charge on any atom is -0.301 e.